The molecule has 0 unspecified atom stereocenters. The molecular weight excluding hydrogens is 705 g/mol. The van der Waals surface area contributed by atoms with Crippen LogP contribution in [0.1, 0.15) is 25.0 Å². The molecule has 14 nitrogen and oxygen atoms in total. The molecule has 0 aliphatic heterocycles. The van der Waals surface area contributed by atoms with E-state index in [0.717, 1.165) is 22.3 Å². The van der Waals surface area contributed by atoms with Gasteiger partial charge in [-0.25, -0.2) is 0 Å². The second-order valence-electron chi connectivity index (χ2n) is 11.8. The lowest BCUT2D eigenvalue weighted by Gasteiger charge is -2.14. The molecule has 6 aromatic carbocycles. The van der Waals surface area contributed by atoms with Gasteiger partial charge in [0.2, 0.25) is 0 Å². The molecule has 0 aliphatic carbocycles. The zero-order valence-corrected chi connectivity index (χ0v) is 29.6. The SMILES string of the molecule is CCc1cc(-c2ccc(N=Nc3c(N)c(S(=O)(=O)O)c4ccccc4c3N)c(CC)c2)ccc1N=Nc1c(N)c(S(=O)(=O)O)c2ccccc2c1N. The highest BCUT2D eigenvalue weighted by molar-refractivity contribution is 7.86. The van der Waals surface area contributed by atoms with Crippen molar-refractivity contribution >= 4 is 87.3 Å². The number of nitrogens with zero attached hydrogens (tertiary/aromatic N) is 4. The van der Waals surface area contributed by atoms with Crippen molar-refractivity contribution in [3.63, 3.8) is 0 Å². The number of rotatable bonds is 9. The molecule has 0 fully saturated rings. The van der Waals surface area contributed by atoms with Crippen LogP contribution < -0.4 is 22.9 Å². The maximum Gasteiger partial charge on any atom is 0.297 e. The Morgan fingerprint density at radius 3 is 1.17 bits per heavy atom. The van der Waals surface area contributed by atoms with E-state index in [4.69, 9.17) is 22.9 Å². The van der Waals surface area contributed by atoms with Gasteiger partial charge in [-0.05, 0) is 59.4 Å². The molecule has 0 amide bonds. The number of nitrogen functional groups attached to an aromatic ring is 4. The molecule has 0 aromatic heterocycles. The quantitative estimate of drug-likeness (QED) is 0.0468. The summed E-state index contributed by atoms with van der Waals surface area (Å²) in [5.74, 6) is 0. The van der Waals surface area contributed by atoms with E-state index < -0.39 is 30.0 Å². The molecule has 0 saturated heterocycles. The number of fused-ring (bicyclic) bond motifs is 2. The first-order chi connectivity index (χ1) is 24.6. The minimum Gasteiger partial charge on any atom is -0.396 e. The summed E-state index contributed by atoms with van der Waals surface area (Å²) in [5, 5.41) is 18.3. The molecule has 0 atom stereocenters. The average molecular weight is 739 g/mol. The molecule has 16 heteroatoms. The Hall–Kier alpha value is -5.94. The minimum absolute atomic E-state index is 0.0730. The molecule has 266 valence electrons. The number of hydrogen-bond acceptors (Lipinski definition) is 12. The third-order valence-corrected chi connectivity index (χ3v) is 10.6. The molecule has 0 heterocycles. The zero-order valence-electron chi connectivity index (χ0n) is 27.9. The van der Waals surface area contributed by atoms with Gasteiger partial charge in [0.05, 0.1) is 34.1 Å². The van der Waals surface area contributed by atoms with E-state index >= 15 is 0 Å². The molecule has 10 N–H and O–H groups in total. The van der Waals surface area contributed by atoms with Crippen LogP contribution in [0.5, 0.6) is 0 Å². The van der Waals surface area contributed by atoms with Crippen molar-refractivity contribution in [3.8, 4) is 11.1 Å². The zero-order chi connectivity index (χ0) is 37.5. The molecule has 52 heavy (non-hydrogen) atoms. The lowest BCUT2D eigenvalue weighted by Crippen LogP contribution is -2.06. The monoisotopic (exact) mass is 738 g/mol. The van der Waals surface area contributed by atoms with Crippen LogP contribution in [0, 0.1) is 0 Å². The second kappa shape index (κ2) is 13.6. The lowest BCUT2D eigenvalue weighted by molar-refractivity contribution is 0.482. The first-order valence-corrected chi connectivity index (χ1v) is 18.8. The normalized spacial score (nSPS) is 12.5. The van der Waals surface area contributed by atoms with Gasteiger partial charge in [0.1, 0.15) is 21.2 Å². The third-order valence-electron chi connectivity index (χ3n) is 8.72. The van der Waals surface area contributed by atoms with Crippen molar-refractivity contribution in [2.24, 2.45) is 20.5 Å². The van der Waals surface area contributed by atoms with Crippen LogP contribution in [0.25, 0.3) is 32.7 Å². The Morgan fingerprint density at radius 1 is 0.500 bits per heavy atom. The molecule has 6 rings (SSSR count). The Morgan fingerprint density at radius 2 is 0.846 bits per heavy atom. The van der Waals surface area contributed by atoms with Crippen LogP contribution in [0.4, 0.5) is 45.5 Å². The number of benzene rings is 6. The fourth-order valence-corrected chi connectivity index (χ4v) is 7.81. The highest BCUT2D eigenvalue weighted by atomic mass is 32.2. The molecule has 0 bridgehead atoms. The summed E-state index contributed by atoms with van der Waals surface area (Å²) < 4.78 is 69.0. The standard InChI is InChI=1S/C36H34N8O6S2/c1-3-19-17-21(13-15-27(19)41-43-33-29(37)23-9-5-7-11-25(23)35(31(33)39)51(45,46)47)22-14-16-28(20(4-2)18-22)42-44-34-30(38)24-10-6-8-12-26(24)36(32(34)40)52(48,49)50/h5-18H,3-4,37-40H2,1-2H3,(H,45,46,47)(H,48,49,50). The van der Waals surface area contributed by atoms with Crippen molar-refractivity contribution in [1.82, 2.24) is 0 Å². The van der Waals surface area contributed by atoms with Gasteiger partial charge < -0.3 is 22.9 Å². The smallest absolute Gasteiger partial charge is 0.297 e. The van der Waals surface area contributed by atoms with Gasteiger partial charge in [0.25, 0.3) is 20.2 Å². The van der Waals surface area contributed by atoms with Gasteiger partial charge >= 0.3 is 0 Å². The van der Waals surface area contributed by atoms with Gasteiger partial charge in [-0.3, -0.25) is 9.11 Å². The number of aryl methyl sites for hydroxylation is 2. The predicted octanol–water partition coefficient (Wildman–Crippen LogP) is 8.44. The summed E-state index contributed by atoms with van der Waals surface area (Å²) in [6, 6.07) is 23.9. The van der Waals surface area contributed by atoms with Crippen LogP contribution in [0.15, 0.2) is 115 Å². The molecule has 6 aromatic rings. The minimum atomic E-state index is -4.71. The van der Waals surface area contributed by atoms with E-state index in [1.165, 1.54) is 12.1 Å². The van der Waals surface area contributed by atoms with Crippen molar-refractivity contribution in [2.75, 3.05) is 22.9 Å². The fraction of sp³-hybridized carbons (Fsp3) is 0.111. The summed E-state index contributed by atoms with van der Waals surface area (Å²) >= 11 is 0. The molecule has 0 radical (unpaired) electrons. The Labute approximate surface area is 299 Å². The third kappa shape index (κ3) is 6.51. The van der Waals surface area contributed by atoms with E-state index in [-0.39, 0.29) is 44.9 Å². The van der Waals surface area contributed by atoms with Gasteiger partial charge in [-0.15, -0.1) is 10.2 Å². The van der Waals surface area contributed by atoms with E-state index in [0.29, 0.717) is 35.0 Å². The highest BCUT2D eigenvalue weighted by Crippen LogP contribution is 2.45. The Balaban J connectivity index is 1.35. The predicted molar refractivity (Wildman–Crippen MR) is 204 cm³/mol. The van der Waals surface area contributed by atoms with Crippen LogP contribution in [0.2, 0.25) is 0 Å². The Bertz CT molecular complexity index is 2530. The summed E-state index contributed by atoms with van der Waals surface area (Å²) in [6.07, 6.45) is 1.16. The number of hydrogen-bond donors (Lipinski definition) is 6. The maximum atomic E-state index is 12.3. The topological polar surface area (TPSA) is 262 Å². The van der Waals surface area contributed by atoms with E-state index in [2.05, 4.69) is 20.5 Å². The van der Waals surface area contributed by atoms with Gasteiger partial charge in [-0.2, -0.15) is 27.1 Å². The molecule has 0 spiro atoms. The number of nitrogens with two attached hydrogens (primary N) is 4. The van der Waals surface area contributed by atoms with Gasteiger partial charge in [-0.1, -0.05) is 74.5 Å². The number of azo groups is 2. The van der Waals surface area contributed by atoms with Crippen LogP contribution in [-0.2, 0) is 33.1 Å². The van der Waals surface area contributed by atoms with Crippen LogP contribution in [-0.4, -0.2) is 25.9 Å². The summed E-state index contributed by atoms with van der Waals surface area (Å²) in [5.41, 5.74) is 28.9. The Kier molecular flexibility index (Phi) is 9.41. The first-order valence-electron chi connectivity index (χ1n) is 15.9. The van der Waals surface area contributed by atoms with Gasteiger partial charge in [0, 0.05) is 21.5 Å². The van der Waals surface area contributed by atoms with Crippen molar-refractivity contribution < 1.29 is 25.9 Å². The van der Waals surface area contributed by atoms with Crippen molar-refractivity contribution in [2.45, 2.75) is 36.5 Å². The van der Waals surface area contributed by atoms with Gasteiger partial charge in [0.15, 0.2) is 0 Å². The van der Waals surface area contributed by atoms with Crippen LogP contribution >= 0.6 is 0 Å². The molecule has 0 saturated carbocycles. The van der Waals surface area contributed by atoms with E-state index in [1.54, 1.807) is 48.5 Å². The van der Waals surface area contributed by atoms with Crippen LogP contribution in [0.3, 0.4) is 0 Å². The maximum absolute atomic E-state index is 12.3. The largest absolute Gasteiger partial charge is 0.396 e. The van der Waals surface area contributed by atoms with Crippen molar-refractivity contribution in [3.05, 3.63) is 96.1 Å². The molecular formula is C36H34N8O6S2. The highest BCUT2D eigenvalue weighted by Gasteiger charge is 2.25. The first kappa shape index (κ1) is 35.9. The number of anilines is 4. The van der Waals surface area contributed by atoms with Crippen molar-refractivity contribution in [1.29, 1.82) is 0 Å². The fourth-order valence-electron chi connectivity index (χ4n) is 6.15. The molecule has 0 aliphatic rings. The average Bonchev–Trinajstić information content (AvgIpc) is 3.10. The van der Waals surface area contributed by atoms with E-state index in [9.17, 15) is 25.9 Å². The van der Waals surface area contributed by atoms with E-state index in [1.807, 2.05) is 38.1 Å². The lowest BCUT2D eigenvalue weighted by atomic mass is 9.98. The summed E-state index contributed by atoms with van der Waals surface area (Å²) in [6.45, 7) is 3.90. The second-order valence-corrected chi connectivity index (χ2v) is 14.6. The summed E-state index contributed by atoms with van der Waals surface area (Å²) in [7, 11) is -9.43. The summed E-state index contributed by atoms with van der Waals surface area (Å²) in [4.78, 5) is -0.974.